The molecule has 0 amide bonds. The third-order valence-electron chi connectivity index (χ3n) is 7.72. The van der Waals surface area contributed by atoms with Crippen LogP contribution in [0.15, 0.2) is 48.5 Å². The average molecular weight is 730 g/mol. The van der Waals surface area contributed by atoms with Gasteiger partial charge in [-0.15, -0.1) is 0 Å². The van der Waals surface area contributed by atoms with Crippen molar-refractivity contribution in [3.63, 3.8) is 0 Å². The Bertz CT molecular complexity index is 1590. The third-order valence-corrected chi connectivity index (χ3v) is 8.01. The summed E-state index contributed by atoms with van der Waals surface area (Å²) in [5.74, 6) is -0.859. The third kappa shape index (κ3) is 10.2. The van der Waals surface area contributed by atoms with Crippen LogP contribution in [0.5, 0.6) is 11.5 Å². The minimum absolute atomic E-state index is 0.0139. The van der Waals surface area contributed by atoms with Crippen LogP contribution in [-0.4, -0.2) is 46.9 Å². The van der Waals surface area contributed by atoms with Crippen molar-refractivity contribution < 1.29 is 64.0 Å². The molecular weight excluding hydrogens is 697 g/mol. The van der Waals surface area contributed by atoms with E-state index in [2.05, 4.69) is 0 Å². The van der Waals surface area contributed by atoms with Crippen molar-refractivity contribution in [2.75, 3.05) is 13.7 Å². The zero-order valence-corrected chi connectivity index (χ0v) is 27.3. The van der Waals surface area contributed by atoms with Gasteiger partial charge in [-0.1, -0.05) is 17.7 Å². The molecule has 0 radical (unpaired) electrons. The Labute approximate surface area is 281 Å². The summed E-state index contributed by atoms with van der Waals surface area (Å²) in [6.45, 7) is 4.10. The monoisotopic (exact) mass is 729 g/mol. The number of benzene rings is 3. The lowest BCUT2D eigenvalue weighted by atomic mass is 9.93. The summed E-state index contributed by atoms with van der Waals surface area (Å²) in [5.41, 5.74) is -4.58. The summed E-state index contributed by atoms with van der Waals surface area (Å²) >= 11 is 6.33. The number of rotatable bonds is 13. The lowest BCUT2D eigenvalue weighted by Gasteiger charge is -2.36. The van der Waals surface area contributed by atoms with Gasteiger partial charge in [-0.2, -0.15) is 39.5 Å². The molecule has 0 bridgehead atoms. The van der Waals surface area contributed by atoms with Gasteiger partial charge in [0.1, 0.15) is 11.5 Å². The molecule has 6 nitrogen and oxygen atoms in total. The minimum Gasteiger partial charge on any atom is -0.496 e. The molecule has 3 rings (SSSR count). The van der Waals surface area contributed by atoms with E-state index in [4.69, 9.17) is 26.2 Å². The first-order chi connectivity index (χ1) is 22.5. The summed E-state index contributed by atoms with van der Waals surface area (Å²) in [4.78, 5) is 12.3. The Morgan fingerprint density at radius 3 is 1.88 bits per heavy atom. The quantitative estimate of drug-likeness (QED) is 0.135. The summed E-state index contributed by atoms with van der Waals surface area (Å²) < 4.78 is 134. The molecule has 0 saturated heterocycles. The van der Waals surface area contributed by atoms with Gasteiger partial charge in [0.05, 0.1) is 41.5 Å². The van der Waals surface area contributed by atoms with Gasteiger partial charge in [-0.3, -0.25) is 9.69 Å². The lowest BCUT2D eigenvalue weighted by molar-refractivity contribution is -0.143. The highest BCUT2D eigenvalue weighted by Gasteiger charge is 2.39. The second kappa shape index (κ2) is 15.5. The van der Waals surface area contributed by atoms with Crippen LogP contribution in [0.1, 0.15) is 67.5 Å². The number of hydrogen-bond acceptors (Lipinski definition) is 5. The van der Waals surface area contributed by atoms with Crippen molar-refractivity contribution in [1.29, 1.82) is 0 Å². The van der Waals surface area contributed by atoms with Crippen LogP contribution < -0.4 is 9.47 Å². The molecule has 2 atom stereocenters. The second-order valence-corrected chi connectivity index (χ2v) is 11.9. The van der Waals surface area contributed by atoms with Gasteiger partial charge in [-0.05, 0) is 80.3 Å². The van der Waals surface area contributed by atoms with E-state index in [1.165, 1.54) is 37.1 Å². The number of ether oxygens (including phenoxy) is 2. The summed E-state index contributed by atoms with van der Waals surface area (Å²) in [6.07, 6.45) is -17.1. The predicted octanol–water partition coefficient (Wildman–Crippen LogP) is 9.65. The highest BCUT2D eigenvalue weighted by Crippen LogP contribution is 2.43. The molecule has 0 fully saturated rings. The van der Waals surface area contributed by atoms with Crippen LogP contribution in [0.4, 0.5) is 39.5 Å². The predicted molar refractivity (Wildman–Crippen MR) is 162 cm³/mol. The normalized spacial score (nSPS) is 13.9. The van der Waals surface area contributed by atoms with Crippen LogP contribution in [0, 0.1) is 0 Å². The smallest absolute Gasteiger partial charge is 0.416 e. The molecule has 3 aromatic carbocycles. The molecule has 2 N–H and O–H groups in total. The molecule has 3 aromatic rings. The van der Waals surface area contributed by atoms with Crippen LogP contribution in [0.2, 0.25) is 5.02 Å². The highest BCUT2D eigenvalue weighted by atomic mass is 35.5. The van der Waals surface area contributed by atoms with Crippen molar-refractivity contribution in [2.24, 2.45) is 0 Å². The molecule has 16 heteroatoms. The number of nitrogens with zero attached hydrogens (tertiary/aromatic N) is 1. The van der Waals surface area contributed by atoms with E-state index >= 15 is 0 Å². The first kappa shape index (κ1) is 39.7. The van der Waals surface area contributed by atoms with Crippen molar-refractivity contribution in [3.8, 4) is 22.6 Å². The number of carboxylic acid groups (broad SMARTS) is 1. The largest absolute Gasteiger partial charge is 0.496 e. The van der Waals surface area contributed by atoms with E-state index in [9.17, 15) is 49.4 Å². The van der Waals surface area contributed by atoms with Crippen LogP contribution in [-0.2, 0) is 29.9 Å². The first-order valence-electron chi connectivity index (χ1n) is 14.7. The molecule has 0 heterocycles. The fourth-order valence-electron chi connectivity index (χ4n) is 5.20. The van der Waals surface area contributed by atoms with Crippen molar-refractivity contribution in [3.05, 3.63) is 81.4 Å². The van der Waals surface area contributed by atoms with Gasteiger partial charge in [0.2, 0.25) is 0 Å². The topological polar surface area (TPSA) is 79.2 Å². The number of hydrogen-bond donors (Lipinski definition) is 2. The molecule has 2 unspecified atom stereocenters. The molecule has 0 aliphatic rings. The van der Waals surface area contributed by atoms with Gasteiger partial charge < -0.3 is 19.7 Å². The van der Waals surface area contributed by atoms with Gasteiger partial charge in [-0.25, -0.2) is 0 Å². The Hall–Kier alpha value is -3.69. The zero-order valence-electron chi connectivity index (χ0n) is 26.5. The molecule has 270 valence electrons. The first-order valence-corrected chi connectivity index (χ1v) is 15.1. The van der Waals surface area contributed by atoms with E-state index < -0.39 is 64.9 Å². The molecular formula is C33H33ClF9NO5. The van der Waals surface area contributed by atoms with Crippen molar-refractivity contribution in [1.82, 2.24) is 4.90 Å². The van der Waals surface area contributed by atoms with E-state index in [0.717, 1.165) is 12.1 Å². The lowest BCUT2D eigenvalue weighted by Crippen LogP contribution is -2.42. The number of aliphatic hydroxyl groups is 1. The van der Waals surface area contributed by atoms with Crippen LogP contribution in [0.3, 0.4) is 0 Å². The highest BCUT2D eigenvalue weighted by molar-refractivity contribution is 6.32. The number of aliphatic hydroxyl groups excluding tert-OH is 1. The molecule has 0 saturated carbocycles. The van der Waals surface area contributed by atoms with Crippen LogP contribution in [0.25, 0.3) is 11.1 Å². The number of carboxylic acids is 1. The van der Waals surface area contributed by atoms with Gasteiger partial charge >= 0.3 is 24.5 Å². The second-order valence-electron chi connectivity index (χ2n) is 11.5. The number of alkyl halides is 9. The standard InChI is InChI=1S/C33H33ClF9NO5/c1-17(2)44(18(3)30(47)19-10-22(32(38,39)40)13-23(11-19)33(41,42)43)16-20-12-21(31(35,36)37)7-8-24(20)25-14-28(26(34)15-27(25)48-4)49-9-5-6-29(45)46/h7-8,10-15,17-18,30,47H,5-6,9,16H2,1-4H3,(H,45,46). The summed E-state index contributed by atoms with van der Waals surface area (Å²) in [7, 11) is 1.29. The molecule has 0 aliphatic carbocycles. The Balaban J connectivity index is 2.14. The van der Waals surface area contributed by atoms with Gasteiger partial charge in [0, 0.05) is 36.7 Å². The Morgan fingerprint density at radius 2 is 1.39 bits per heavy atom. The van der Waals surface area contributed by atoms with Gasteiger partial charge in [0.15, 0.2) is 0 Å². The summed E-state index contributed by atoms with van der Waals surface area (Å²) in [6, 6.07) is 4.50. The van der Waals surface area contributed by atoms with E-state index in [0.29, 0.717) is 12.1 Å². The minimum atomic E-state index is -5.17. The zero-order chi connectivity index (χ0) is 37.1. The van der Waals surface area contributed by atoms with Crippen molar-refractivity contribution in [2.45, 2.75) is 76.9 Å². The van der Waals surface area contributed by atoms with Gasteiger partial charge in [0.25, 0.3) is 0 Å². The van der Waals surface area contributed by atoms with Crippen LogP contribution >= 0.6 is 11.6 Å². The maximum absolute atomic E-state index is 13.9. The summed E-state index contributed by atoms with van der Waals surface area (Å²) in [5, 5.41) is 20.1. The van der Waals surface area contributed by atoms with E-state index in [1.54, 1.807) is 13.8 Å². The number of halogens is 10. The van der Waals surface area contributed by atoms with Crippen molar-refractivity contribution >= 4 is 17.6 Å². The molecule has 0 spiro atoms. The SMILES string of the molecule is COc1cc(Cl)c(OCCCC(=O)O)cc1-c1ccc(C(F)(F)F)cc1CN(C(C)C)C(C)C(O)c1cc(C(F)(F)F)cc(C(F)(F)F)c1. The van der Waals surface area contributed by atoms with E-state index in [1.807, 2.05) is 0 Å². The maximum atomic E-state index is 13.9. The number of methoxy groups -OCH3 is 1. The maximum Gasteiger partial charge on any atom is 0.416 e. The fourth-order valence-corrected chi connectivity index (χ4v) is 5.41. The molecule has 0 aromatic heterocycles. The fraction of sp³-hybridized carbons (Fsp3) is 0.424. The number of carbonyl (C=O) groups is 1. The average Bonchev–Trinajstić information content (AvgIpc) is 2.99. The molecule has 49 heavy (non-hydrogen) atoms. The Morgan fingerprint density at radius 1 is 0.816 bits per heavy atom. The van der Waals surface area contributed by atoms with E-state index in [-0.39, 0.29) is 65.3 Å². The number of aliphatic carboxylic acids is 1. The Kier molecular flexibility index (Phi) is 12.5. The molecule has 0 aliphatic heterocycles.